The quantitative estimate of drug-likeness (QED) is 0.518. The molecule has 0 atom stereocenters. The minimum atomic E-state index is -0.125. The van der Waals surface area contributed by atoms with Crippen molar-refractivity contribution < 1.29 is 13.9 Å². The Kier molecular flexibility index (Phi) is 7.28. The van der Waals surface area contributed by atoms with Gasteiger partial charge in [0.2, 0.25) is 11.8 Å². The SMILES string of the molecule is CCN1CCN(c2ccc(NC(=O)CSc3nnc(-c4cccc(OC)c4)o3)cc2)CC1. The second kappa shape index (κ2) is 10.5. The molecule has 8 nitrogen and oxygen atoms in total. The summed E-state index contributed by atoms with van der Waals surface area (Å²) < 4.78 is 10.9. The first kappa shape index (κ1) is 22.2. The number of nitrogens with one attached hydrogen (secondary N) is 1. The van der Waals surface area contributed by atoms with Gasteiger partial charge in [-0.2, -0.15) is 0 Å². The number of thioether (sulfide) groups is 1. The van der Waals surface area contributed by atoms with Crippen LogP contribution in [0, 0.1) is 0 Å². The van der Waals surface area contributed by atoms with Gasteiger partial charge in [-0.05, 0) is 49.0 Å². The molecule has 2 heterocycles. The molecule has 0 unspecified atom stereocenters. The maximum absolute atomic E-state index is 12.3. The fraction of sp³-hybridized carbons (Fsp3) is 0.348. The third-order valence-electron chi connectivity index (χ3n) is 5.39. The van der Waals surface area contributed by atoms with E-state index in [2.05, 4.69) is 44.4 Å². The minimum absolute atomic E-state index is 0.125. The van der Waals surface area contributed by atoms with Crippen LogP contribution in [0.5, 0.6) is 5.75 Å². The number of amides is 1. The van der Waals surface area contributed by atoms with Crippen molar-refractivity contribution in [3.8, 4) is 17.2 Å². The largest absolute Gasteiger partial charge is 0.497 e. The van der Waals surface area contributed by atoms with Gasteiger partial charge < -0.3 is 24.3 Å². The number of hydrogen-bond acceptors (Lipinski definition) is 8. The van der Waals surface area contributed by atoms with E-state index in [-0.39, 0.29) is 11.7 Å². The molecule has 1 aromatic heterocycles. The Morgan fingerprint density at radius 2 is 1.91 bits per heavy atom. The van der Waals surface area contributed by atoms with Crippen LogP contribution in [0.2, 0.25) is 0 Å². The zero-order valence-corrected chi connectivity index (χ0v) is 19.1. The maximum atomic E-state index is 12.3. The van der Waals surface area contributed by atoms with Gasteiger partial charge in [0.15, 0.2) is 0 Å². The third-order valence-corrected chi connectivity index (χ3v) is 6.20. The molecule has 1 N–H and O–H groups in total. The Morgan fingerprint density at radius 1 is 1.12 bits per heavy atom. The maximum Gasteiger partial charge on any atom is 0.277 e. The average molecular weight is 454 g/mol. The van der Waals surface area contributed by atoms with Crippen LogP contribution in [-0.4, -0.2) is 66.6 Å². The number of ether oxygens (including phenoxy) is 1. The van der Waals surface area contributed by atoms with Gasteiger partial charge in [0.1, 0.15) is 5.75 Å². The number of likely N-dealkylation sites (N-methyl/N-ethyl adjacent to an activating group) is 1. The first-order chi connectivity index (χ1) is 15.6. The van der Waals surface area contributed by atoms with Gasteiger partial charge in [0, 0.05) is 43.1 Å². The summed E-state index contributed by atoms with van der Waals surface area (Å²) in [5.41, 5.74) is 2.72. The molecule has 1 aliphatic heterocycles. The van der Waals surface area contributed by atoms with Crippen LogP contribution in [0.4, 0.5) is 11.4 Å². The van der Waals surface area contributed by atoms with Gasteiger partial charge in [-0.25, -0.2) is 0 Å². The lowest BCUT2D eigenvalue weighted by atomic mass is 10.2. The van der Waals surface area contributed by atoms with E-state index in [0.29, 0.717) is 16.9 Å². The van der Waals surface area contributed by atoms with E-state index < -0.39 is 0 Å². The van der Waals surface area contributed by atoms with E-state index in [1.807, 2.05) is 36.4 Å². The summed E-state index contributed by atoms with van der Waals surface area (Å²) in [7, 11) is 1.61. The van der Waals surface area contributed by atoms with Gasteiger partial charge in [0.25, 0.3) is 5.22 Å². The molecule has 1 fully saturated rings. The van der Waals surface area contributed by atoms with Gasteiger partial charge in [0.05, 0.1) is 12.9 Å². The van der Waals surface area contributed by atoms with Gasteiger partial charge in [-0.1, -0.05) is 24.8 Å². The van der Waals surface area contributed by atoms with Crippen molar-refractivity contribution in [2.24, 2.45) is 0 Å². The van der Waals surface area contributed by atoms with Crippen molar-refractivity contribution in [3.63, 3.8) is 0 Å². The summed E-state index contributed by atoms with van der Waals surface area (Å²) in [6.07, 6.45) is 0. The number of rotatable bonds is 8. The van der Waals surface area contributed by atoms with Crippen LogP contribution >= 0.6 is 11.8 Å². The van der Waals surface area contributed by atoms with Crippen LogP contribution in [0.25, 0.3) is 11.5 Å². The summed E-state index contributed by atoms with van der Waals surface area (Å²) in [4.78, 5) is 17.2. The molecule has 0 radical (unpaired) electrons. The number of anilines is 2. The summed E-state index contributed by atoms with van der Waals surface area (Å²) in [6, 6.07) is 15.4. The highest BCUT2D eigenvalue weighted by atomic mass is 32.2. The monoisotopic (exact) mass is 453 g/mol. The van der Waals surface area contributed by atoms with Gasteiger partial charge in [-0.3, -0.25) is 4.79 Å². The Balaban J connectivity index is 1.27. The van der Waals surface area contributed by atoms with E-state index in [9.17, 15) is 4.79 Å². The van der Waals surface area contributed by atoms with Crippen LogP contribution in [0.3, 0.4) is 0 Å². The summed E-state index contributed by atoms with van der Waals surface area (Å²) >= 11 is 1.20. The van der Waals surface area contributed by atoms with Crippen LogP contribution in [0.1, 0.15) is 6.92 Å². The van der Waals surface area contributed by atoms with Crippen molar-refractivity contribution in [2.45, 2.75) is 12.1 Å². The van der Waals surface area contributed by atoms with Crippen molar-refractivity contribution in [1.82, 2.24) is 15.1 Å². The molecule has 1 saturated heterocycles. The van der Waals surface area contributed by atoms with Crippen LogP contribution in [0.15, 0.2) is 58.2 Å². The molecule has 1 amide bonds. The number of aromatic nitrogens is 2. The molecule has 168 valence electrons. The van der Waals surface area contributed by atoms with Gasteiger partial charge >= 0.3 is 0 Å². The lowest BCUT2D eigenvalue weighted by Crippen LogP contribution is -2.46. The molecular formula is C23H27N5O3S. The highest BCUT2D eigenvalue weighted by Crippen LogP contribution is 2.26. The Morgan fingerprint density at radius 3 is 2.62 bits per heavy atom. The van der Waals surface area contributed by atoms with Crippen molar-refractivity contribution in [2.75, 3.05) is 55.8 Å². The molecule has 9 heteroatoms. The number of nitrogens with zero attached hydrogens (tertiary/aromatic N) is 4. The van der Waals surface area contributed by atoms with E-state index in [0.717, 1.165) is 44.0 Å². The Bertz CT molecular complexity index is 1030. The number of piperazine rings is 1. The zero-order valence-electron chi connectivity index (χ0n) is 18.3. The Labute approximate surface area is 191 Å². The Hall–Kier alpha value is -3.04. The fourth-order valence-corrected chi connectivity index (χ4v) is 4.11. The standard InChI is InChI=1S/C23H27N5O3S/c1-3-27-11-13-28(14-12-27)19-9-7-18(8-10-19)24-21(29)16-32-23-26-25-22(31-23)17-5-4-6-20(15-17)30-2/h4-10,15H,3,11-14,16H2,1-2H3,(H,24,29). The summed E-state index contributed by atoms with van der Waals surface area (Å²) in [5.74, 6) is 1.16. The topological polar surface area (TPSA) is 83.7 Å². The average Bonchev–Trinajstić information content (AvgIpc) is 3.33. The molecule has 2 aromatic carbocycles. The molecule has 4 rings (SSSR count). The van der Waals surface area contributed by atoms with Crippen molar-refractivity contribution in [1.29, 1.82) is 0 Å². The second-order valence-corrected chi connectivity index (χ2v) is 8.34. The normalized spacial score (nSPS) is 14.4. The van der Waals surface area contributed by atoms with Crippen molar-refractivity contribution in [3.05, 3.63) is 48.5 Å². The lowest BCUT2D eigenvalue weighted by Gasteiger charge is -2.35. The number of benzene rings is 2. The third kappa shape index (κ3) is 5.60. The predicted molar refractivity (Wildman–Crippen MR) is 126 cm³/mol. The fourth-order valence-electron chi connectivity index (χ4n) is 3.54. The second-order valence-electron chi connectivity index (χ2n) is 7.41. The number of hydrogen-bond donors (Lipinski definition) is 1. The van der Waals surface area contributed by atoms with E-state index >= 15 is 0 Å². The molecule has 1 aliphatic rings. The lowest BCUT2D eigenvalue weighted by molar-refractivity contribution is -0.113. The smallest absolute Gasteiger partial charge is 0.277 e. The number of methoxy groups -OCH3 is 1. The number of carbonyl (C=O) groups excluding carboxylic acids is 1. The van der Waals surface area contributed by atoms with Crippen LogP contribution in [-0.2, 0) is 4.79 Å². The van der Waals surface area contributed by atoms with Crippen LogP contribution < -0.4 is 15.0 Å². The predicted octanol–water partition coefficient (Wildman–Crippen LogP) is 3.62. The number of carbonyl (C=O) groups is 1. The summed E-state index contributed by atoms with van der Waals surface area (Å²) in [5, 5.41) is 11.3. The van der Waals surface area contributed by atoms with E-state index in [4.69, 9.17) is 9.15 Å². The van der Waals surface area contributed by atoms with E-state index in [1.165, 1.54) is 17.4 Å². The highest BCUT2D eigenvalue weighted by Gasteiger charge is 2.16. The first-order valence-electron chi connectivity index (χ1n) is 10.6. The molecule has 0 spiro atoms. The zero-order chi connectivity index (χ0) is 22.3. The summed E-state index contributed by atoms with van der Waals surface area (Å²) in [6.45, 7) is 7.52. The molecule has 0 saturated carbocycles. The highest BCUT2D eigenvalue weighted by molar-refractivity contribution is 7.99. The van der Waals surface area contributed by atoms with E-state index in [1.54, 1.807) is 7.11 Å². The minimum Gasteiger partial charge on any atom is -0.497 e. The molecule has 0 bridgehead atoms. The molecule has 0 aliphatic carbocycles. The molecule has 3 aromatic rings. The molecular weight excluding hydrogens is 426 g/mol. The van der Waals surface area contributed by atoms with Crippen molar-refractivity contribution >= 4 is 29.0 Å². The van der Waals surface area contributed by atoms with Gasteiger partial charge in [-0.15, -0.1) is 10.2 Å². The first-order valence-corrected chi connectivity index (χ1v) is 11.6. The molecule has 32 heavy (non-hydrogen) atoms.